The van der Waals surface area contributed by atoms with E-state index >= 15 is 0 Å². The topological polar surface area (TPSA) is 49.7 Å². The van der Waals surface area contributed by atoms with Crippen molar-refractivity contribution in [1.29, 1.82) is 0 Å². The van der Waals surface area contributed by atoms with E-state index < -0.39 is 0 Å². The van der Waals surface area contributed by atoms with Crippen molar-refractivity contribution in [3.8, 4) is 0 Å². The van der Waals surface area contributed by atoms with Crippen LogP contribution in [0.15, 0.2) is 0 Å². The molecule has 0 aromatic carbocycles. The summed E-state index contributed by atoms with van der Waals surface area (Å²) in [5, 5.41) is 16.2. The largest absolute Gasteiger partial charge is 0.394 e. The standard InChI is InChI=1S/C4H10O3.2C4H9.Sn/c5-1-3-7-4-2-6;2*1-3-4-2;/h5-6H,1-4H2;2*1,3-4H2,2H3;. The van der Waals surface area contributed by atoms with Crippen LogP contribution in [0.4, 0.5) is 0 Å². The van der Waals surface area contributed by atoms with Gasteiger partial charge in [0.25, 0.3) is 0 Å². The maximum Gasteiger partial charge on any atom is 0.0698 e. The summed E-state index contributed by atoms with van der Waals surface area (Å²) in [7, 11) is 0. The van der Waals surface area contributed by atoms with Crippen molar-refractivity contribution in [3.05, 3.63) is 0 Å². The zero-order valence-corrected chi connectivity index (χ0v) is 13.7. The molecule has 0 saturated heterocycles. The molecule has 0 aliphatic carbocycles. The number of unbranched alkanes of at least 4 members (excludes halogenated alkanes) is 2. The number of hydrogen-bond donors (Lipinski definition) is 2. The molecule has 3 nitrogen and oxygen atoms in total. The Morgan fingerprint density at radius 1 is 0.875 bits per heavy atom. The Morgan fingerprint density at radius 3 is 1.62 bits per heavy atom. The normalized spacial score (nSPS) is 9.75. The van der Waals surface area contributed by atoms with Crippen LogP contribution in [0.2, 0.25) is 8.87 Å². The third-order valence-electron chi connectivity index (χ3n) is 1.89. The third-order valence-corrected chi connectivity index (χ3v) is 5.92. The average Bonchev–Trinajstić information content (AvgIpc) is 2.31. The fourth-order valence-electron chi connectivity index (χ4n) is 0.960. The number of aliphatic hydroxyl groups excluding tert-OH is 2. The SMILES string of the molecule is CCC[CH2][Sn][CH2]CCC.OCCOCCO. The first-order valence-corrected chi connectivity index (χ1v) is 10.4. The van der Waals surface area contributed by atoms with Crippen LogP contribution in [0.25, 0.3) is 0 Å². The van der Waals surface area contributed by atoms with E-state index in [1.165, 1.54) is 25.7 Å². The quantitative estimate of drug-likeness (QED) is 0.474. The van der Waals surface area contributed by atoms with Gasteiger partial charge in [0.05, 0.1) is 26.4 Å². The molecule has 0 spiro atoms. The molecule has 2 N–H and O–H groups in total. The molecule has 0 amide bonds. The minimum absolute atomic E-state index is 0.0278. The van der Waals surface area contributed by atoms with Crippen LogP contribution < -0.4 is 0 Å². The molecule has 0 fully saturated rings. The van der Waals surface area contributed by atoms with E-state index in [0.29, 0.717) is 13.2 Å². The molecule has 0 aromatic rings. The van der Waals surface area contributed by atoms with Crippen LogP contribution in [0.3, 0.4) is 0 Å². The van der Waals surface area contributed by atoms with Crippen LogP contribution in [0.5, 0.6) is 0 Å². The molecule has 0 bridgehead atoms. The molecular formula is C12H28O3Sn. The number of ether oxygens (including phenoxy) is 1. The van der Waals surface area contributed by atoms with Crippen LogP contribution >= 0.6 is 0 Å². The van der Waals surface area contributed by atoms with E-state index in [9.17, 15) is 0 Å². The van der Waals surface area contributed by atoms with Crippen molar-refractivity contribution >= 4 is 21.1 Å². The average molecular weight is 339 g/mol. The van der Waals surface area contributed by atoms with Crippen molar-refractivity contribution < 1.29 is 14.9 Å². The van der Waals surface area contributed by atoms with E-state index in [0.717, 1.165) is 0 Å². The van der Waals surface area contributed by atoms with Gasteiger partial charge in [-0.05, 0) is 0 Å². The predicted molar refractivity (Wildman–Crippen MR) is 70.2 cm³/mol. The minimum atomic E-state index is 0.0278. The van der Waals surface area contributed by atoms with E-state index in [1.807, 2.05) is 0 Å². The Bertz CT molecular complexity index is 92.3. The van der Waals surface area contributed by atoms with Gasteiger partial charge >= 0.3 is 69.5 Å². The molecule has 0 rings (SSSR count). The molecule has 0 aliphatic rings. The summed E-state index contributed by atoms with van der Waals surface area (Å²) in [5.74, 6) is 0. The molecule has 2 radical (unpaired) electrons. The third kappa shape index (κ3) is 24.1. The molecule has 0 aromatic heterocycles. The van der Waals surface area contributed by atoms with Gasteiger partial charge in [0.2, 0.25) is 0 Å². The molecule has 0 saturated carbocycles. The zero-order chi connectivity index (χ0) is 12.5. The molecule has 0 heterocycles. The molecule has 16 heavy (non-hydrogen) atoms. The van der Waals surface area contributed by atoms with E-state index in [2.05, 4.69) is 18.6 Å². The molecule has 0 atom stereocenters. The molecule has 4 heteroatoms. The summed E-state index contributed by atoms with van der Waals surface area (Å²) in [6, 6.07) is 0. The Kier molecular flexibility index (Phi) is 25.0. The van der Waals surface area contributed by atoms with Gasteiger partial charge in [-0.2, -0.15) is 0 Å². The summed E-state index contributed by atoms with van der Waals surface area (Å²) in [6.45, 7) is 5.28. The van der Waals surface area contributed by atoms with E-state index in [-0.39, 0.29) is 34.4 Å². The fourth-order valence-corrected chi connectivity index (χ4v) is 5.12. The Labute approximate surface area is 111 Å². The molecule has 0 aliphatic heterocycles. The summed E-state index contributed by atoms with van der Waals surface area (Å²) in [5.41, 5.74) is 0. The van der Waals surface area contributed by atoms with Crippen LogP contribution in [0, 0.1) is 0 Å². The van der Waals surface area contributed by atoms with Gasteiger partial charge in [0.15, 0.2) is 0 Å². The Balaban J connectivity index is 0. The first kappa shape index (κ1) is 19.0. The van der Waals surface area contributed by atoms with Gasteiger partial charge in [-0.3, -0.25) is 0 Å². The summed E-state index contributed by atoms with van der Waals surface area (Å²) in [4.78, 5) is 0. The second-order valence-electron chi connectivity index (χ2n) is 3.52. The second-order valence-corrected chi connectivity index (χ2v) is 7.80. The first-order chi connectivity index (χ1) is 7.83. The molecule has 0 unspecified atom stereocenters. The zero-order valence-electron chi connectivity index (χ0n) is 10.9. The number of rotatable bonds is 10. The van der Waals surface area contributed by atoms with Crippen molar-refractivity contribution in [2.24, 2.45) is 0 Å². The van der Waals surface area contributed by atoms with E-state index in [4.69, 9.17) is 10.2 Å². The summed E-state index contributed by atoms with van der Waals surface area (Å²) >= 11 is 0.149. The van der Waals surface area contributed by atoms with Gasteiger partial charge in [0.1, 0.15) is 0 Å². The van der Waals surface area contributed by atoms with Gasteiger partial charge in [-0.1, -0.05) is 0 Å². The van der Waals surface area contributed by atoms with Gasteiger partial charge in [-0.25, -0.2) is 0 Å². The second kappa shape index (κ2) is 21.0. The first-order valence-electron chi connectivity index (χ1n) is 6.33. The van der Waals surface area contributed by atoms with Crippen molar-refractivity contribution in [3.63, 3.8) is 0 Å². The van der Waals surface area contributed by atoms with Crippen LogP contribution in [-0.2, 0) is 4.74 Å². The monoisotopic (exact) mass is 340 g/mol. The van der Waals surface area contributed by atoms with Gasteiger partial charge in [0, 0.05) is 0 Å². The van der Waals surface area contributed by atoms with Crippen LogP contribution in [0.1, 0.15) is 39.5 Å². The fraction of sp³-hybridized carbons (Fsp3) is 1.00. The number of hydrogen-bond acceptors (Lipinski definition) is 3. The Morgan fingerprint density at radius 2 is 1.31 bits per heavy atom. The maximum absolute atomic E-state index is 8.09. The maximum atomic E-state index is 8.09. The predicted octanol–water partition coefficient (Wildman–Crippen LogP) is 2.12. The van der Waals surface area contributed by atoms with Crippen molar-refractivity contribution in [2.75, 3.05) is 26.4 Å². The molecular weight excluding hydrogens is 311 g/mol. The Hall–Kier alpha value is 0.679. The van der Waals surface area contributed by atoms with Crippen LogP contribution in [-0.4, -0.2) is 57.8 Å². The van der Waals surface area contributed by atoms with Gasteiger partial charge in [-0.15, -0.1) is 0 Å². The summed E-state index contributed by atoms with van der Waals surface area (Å²) < 4.78 is 7.88. The van der Waals surface area contributed by atoms with Gasteiger partial charge < -0.3 is 14.9 Å². The van der Waals surface area contributed by atoms with Crippen molar-refractivity contribution in [2.45, 2.75) is 48.4 Å². The minimum Gasteiger partial charge on any atom is -0.394 e. The smallest absolute Gasteiger partial charge is 0.0698 e. The van der Waals surface area contributed by atoms with E-state index in [1.54, 1.807) is 8.87 Å². The summed E-state index contributed by atoms with van der Waals surface area (Å²) in [6.07, 6.45) is 5.84. The van der Waals surface area contributed by atoms with Crippen molar-refractivity contribution in [1.82, 2.24) is 0 Å². The molecule has 98 valence electrons. The number of aliphatic hydroxyl groups is 2.